The Bertz CT molecular complexity index is 1130. The molecule has 3 N–H and O–H groups in total. The summed E-state index contributed by atoms with van der Waals surface area (Å²) in [6.45, 7) is 4.28. The highest BCUT2D eigenvalue weighted by molar-refractivity contribution is 6.05. The summed E-state index contributed by atoms with van der Waals surface area (Å²) in [6.07, 6.45) is 1.84. The van der Waals surface area contributed by atoms with Gasteiger partial charge in [-0.1, -0.05) is 32.4 Å². The van der Waals surface area contributed by atoms with E-state index in [-0.39, 0.29) is 49.2 Å². The van der Waals surface area contributed by atoms with E-state index in [9.17, 15) is 23.6 Å². The Kier molecular flexibility index (Phi) is 7.12. The lowest BCUT2D eigenvalue weighted by Gasteiger charge is -2.27. The predicted octanol–water partition coefficient (Wildman–Crippen LogP) is 1.85. The van der Waals surface area contributed by atoms with Crippen LogP contribution >= 0.6 is 0 Å². The number of aromatic amines is 1. The van der Waals surface area contributed by atoms with E-state index in [4.69, 9.17) is 5.73 Å². The molecule has 1 fully saturated rings. The Labute approximate surface area is 184 Å². The smallest absolute Gasteiger partial charge is 0.330 e. The molecule has 1 aliphatic heterocycles. The number of anilines is 3. The lowest BCUT2D eigenvalue weighted by atomic mass is 10.1. The van der Waals surface area contributed by atoms with Gasteiger partial charge in [0.1, 0.15) is 11.6 Å². The van der Waals surface area contributed by atoms with Crippen molar-refractivity contribution in [3.63, 3.8) is 0 Å². The van der Waals surface area contributed by atoms with Crippen molar-refractivity contribution in [3.05, 3.63) is 50.9 Å². The first kappa shape index (κ1) is 23.2. The van der Waals surface area contributed by atoms with Crippen molar-refractivity contribution in [2.75, 3.05) is 28.6 Å². The van der Waals surface area contributed by atoms with Crippen LogP contribution in [0.3, 0.4) is 0 Å². The number of hydrogen-bond acceptors (Lipinski definition) is 5. The monoisotopic (exact) mass is 445 g/mol. The van der Waals surface area contributed by atoms with Crippen LogP contribution in [0.15, 0.2) is 33.9 Å². The number of hydrogen-bond donors (Lipinski definition) is 2. The van der Waals surface area contributed by atoms with Crippen molar-refractivity contribution in [3.8, 4) is 0 Å². The fourth-order valence-electron chi connectivity index (χ4n) is 3.93. The number of nitrogens with zero attached hydrogens (tertiary/aromatic N) is 3. The number of rotatable bonds is 8. The van der Waals surface area contributed by atoms with E-state index >= 15 is 0 Å². The van der Waals surface area contributed by atoms with Gasteiger partial charge in [0.25, 0.3) is 5.56 Å². The number of nitrogens with two attached hydrogens (primary N) is 1. The van der Waals surface area contributed by atoms with E-state index in [0.29, 0.717) is 12.8 Å². The Morgan fingerprint density at radius 3 is 2.59 bits per heavy atom. The van der Waals surface area contributed by atoms with Crippen LogP contribution in [0.4, 0.5) is 21.6 Å². The minimum Gasteiger partial charge on any atom is -0.383 e. The van der Waals surface area contributed by atoms with E-state index in [2.05, 4.69) is 4.98 Å². The molecule has 0 saturated carbocycles. The topological polar surface area (TPSA) is 121 Å². The van der Waals surface area contributed by atoms with Crippen molar-refractivity contribution in [2.24, 2.45) is 5.92 Å². The number of benzene rings is 1. The Balaban J connectivity index is 1.97. The molecule has 1 aromatic heterocycles. The molecule has 172 valence electrons. The van der Waals surface area contributed by atoms with Gasteiger partial charge in [0.05, 0.1) is 11.6 Å². The summed E-state index contributed by atoms with van der Waals surface area (Å²) >= 11 is 0. The van der Waals surface area contributed by atoms with Crippen LogP contribution in [0, 0.1) is 11.7 Å². The predicted molar refractivity (Wildman–Crippen MR) is 120 cm³/mol. The van der Waals surface area contributed by atoms with Crippen molar-refractivity contribution in [1.82, 2.24) is 9.55 Å². The van der Waals surface area contributed by atoms with E-state index in [0.717, 1.165) is 6.42 Å². The average molecular weight is 445 g/mol. The summed E-state index contributed by atoms with van der Waals surface area (Å²) in [5.74, 6) is -2.24. The van der Waals surface area contributed by atoms with Gasteiger partial charge in [0.15, 0.2) is 5.69 Å². The van der Waals surface area contributed by atoms with E-state index < -0.39 is 28.9 Å². The maximum Gasteiger partial charge on any atom is 0.330 e. The molecule has 0 unspecified atom stereocenters. The number of carbonyl (C=O) groups excluding carboxylic acids is 2. The van der Waals surface area contributed by atoms with Crippen molar-refractivity contribution in [1.29, 1.82) is 0 Å². The van der Waals surface area contributed by atoms with Gasteiger partial charge >= 0.3 is 5.69 Å². The highest BCUT2D eigenvalue weighted by Gasteiger charge is 2.39. The zero-order valence-electron chi connectivity index (χ0n) is 18.3. The fourth-order valence-corrected chi connectivity index (χ4v) is 3.93. The van der Waals surface area contributed by atoms with Crippen LogP contribution in [-0.2, 0) is 16.1 Å². The number of para-hydroxylation sites is 1. The maximum absolute atomic E-state index is 14.2. The van der Waals surface area contributed by atoms with E-state index in [1.807, 2.05) is 13.8 Å². The standard InChI is InChI=1S/C22H28FN5O4/c1-3-5-11-26(18-19(24)27(10-4-2)22(32)25-20(18)30)21(31)14-12-17(29)28(13-14)16-9-7-6-8-15(16)23/h6-9,14H,3-5,10-13,24H2,1-2H3,(H,25,30,32)/t14-/m1/s1. The lowest BCUT2D eigenvalue weighted by molar-refractivity contribution is -0.124. The summed E-state index contributed by atoms with van der Waals surface area (Å²) in [7, 11) is 0. The number of aromatic nitrogens is 2. The normalized spacial score (nSPS) is 15.9. The highest BCUT2D eigenvalue weighted by Crippen LogP contribution is 2.30. The molecule has 1 atom stereocenters. The van der Waals surface area contributed by atoms with Crippen molar-refractivity contribution < 1.29 is 14.0 Å². The Hall–Kier alpha value is -3.43. The number of halogens is 1. The second-order valence-corrected chi connectivity index (χ2v) is 7.84. The SMILES string of the molecule is CCCCN(C(=O)[C@@H]1CC(=O)N(c2ccccc2F)C1)c1c(N)n(CCC)c(=O)[nH]c1=O. The van der Waals surface area contributed by atoms with Crippen LogP contribution in [0.2, 0.25) is 0 Å². The first-order valence-electron chi connectivity index (χ1n) is 10.8. The van der Waals surface area contributed by atoms with Crippen LogP contribution in [-0.4, -0.2) is 34.5 Å². The van der Waals surface area contributed by atoms with Gasteiger partial charge < -0.3 is 15.5 Å². The number of carbonyl (C=O) groups is 2. The van der Waals surface area contributed by atoms with Gasteiger partial charge in [0, 0.05) is 26.1 Å². The van der Waals surface area contributed by atoms with Crippen molar-refractivity contribution in [2.45, 2.75) is 46.1 Å². The molecular weight excluding hydrogens is 417 g/mol. The van der Waals surface area contributed by atoms with E-state index in [1.165, 1.54) is 32.6 Å². The molecule has 0 aliphatic carbocycles. The lowest BCUT2D eigenvalue weighted by Crippen LogP contribution is -2.44. The third-order valence-corrected chi connectivity index (χ3v) is 5.55. The molecule has 0 radical (unpaired) electrons. The van der Waals surface area contributed by atoms with Crippen LogP contribution in [0.1, 0.15) is 39.5 Å². The zero-order valence-corrected chi connectivity index (χ0v) is 18.3. The van der Waals surface area contributed by atoms with Gasteiger partial charge in [-0.2, -0.15) is 0 Å². The van der Waals surface area contributed by atoms with E-state index in [1.54, 1.807) is 6.07 Å². The maximum atomic E-state index is 14.2. The molecule has 10 heteroatoms. The van der Waals surface area contributed by atoms with Crippen LogP contribution in [0.5, 0.6) is 0 Å². The summed E-state index contributed by atoms with van der Waals surface area (Å²) in [6, 6.07) is 5.88. The zero-order chi connectivity index (χ0) is 23.4. The van der Waals surface area contributed by atoms with Gasteiger partial charge in [-0.05, 0) is 25.0 Å². The number of nitrogens with one attached hydrogen (secondary N) is 1. The minimum atomic E-state index is -0.774. The molecule has 9 nitrogen and oxygen atoms in total. The number of amides is 2. The minimum absolute atomic E-state index is 0.00632. The number of nitrogen functional groups attached to an aromatic ring is 1. The molecule has 1 aliphatic rings. The molecule has 1 saturated heterocycles. The second kappa shape index (κ2) is 9.80. The fraction of sp³-hybridized carbons (Fsp3) is 0.455. The molecule has 2 heterocycles. The summed E-state index contributed by atoms with van der Waals surface area (Å²) in [4.78, 5) is 55.7. The van der Waals surface area contributed by atoms with Gasteiger partial charge in [-0.15, -0.1) is 0 Å². The highest BCUT2D eigenvalue weighted by atomic mass is 19.1. The first-order valence-corrected chi connectivity index (χ1v) is 10.8. The molecular formula is C22H28FN5O4. The molecule has 3 rings (SSSR count). The van der Waals surface area contributed by atoms with Gasteiger partial charge in [-0.25, -0.2) is 9.18 Å². The molecule has 0 spiro atoms. The molecule has 2 amide bonds. The summed E-state index contributed by atoms with van der Waals surface area (Å²) in [5.41, 5.74) is 4.80. The molecule has 2 aromatic rings. The quantitative estimate of drug-likeness (QED) is 0.642. The van der Waals surface area contributed by atoms with Crippen molar-refractivity contribution >= 4 is 29.0 Å². The first-order chi connectivity index (χ1) is 15.3. The molecule has 32 heavy (non-hydrogen) atoms. The largest absolute Gasteiger partial charge is 0.383 e. The summed E-state index contributed by atoms with van der Waals surface area (Å²) < 4.78 is 15.4. The second-order valence-electron chi connectivity index (χ2n) is 7.84. The summed E-state index contributed by atoms with van der Waals surface area (Å²) in [5, 5.41) is 0. The average Bonchev–Trinajstić information content (AvgIpc) is 3.14. The Morgan fingerprint density at radius 1 is 1.22 bits per heavy atom. The molecule has 0 bridgehead atoms. The van der Waals surface area contributed by atoms with Gasteiger partial charge in [-0.3, -0.25) is 23.9 Å². The Morgan fingerprint density at radius 2 is 1.94 bits per heavy atom. The third kappa shape index (κ3) is 4.44. The van der Waals surface area contributed by atoms with Gasteiger partial charge in [0.2, 0.25) is 11.8 Å². The molecule has 1 aromatic carbocycles. The third-order valence-electron chi connectivity index (χ3n) is 5.55. The number of H-pyrrole nitrogens is 1. The number of unbranched alkanes of at least 4 members (excludes halogenated alkanes) is 1. The van der Waals surface area contributed by atoms with Crippen LogP contribution in [0.25, 0.3) is 0 Å². The van der Waals surface area contributed by atoms with Crippen LogP contribution < -0.4 is 26.8 Å².